The minimum atomic E-state index is -0.480. The summed E-state index contributed by atoms with van der Waals surface area (Å²) in [5.74, 6) is 0.474. The van der Waals surface area contributed by atoms with Crippen molar-refractivity contribution in [1.82, 2.24) is 4.90 Å². The van der Waals surface area contributed by atoms with E-state index in [4.69, 9.17) is 18.9 Å². The largest absolute Gasteiger partial charge is 0.494 e. The van der Waals surface area contributed by atoms with Crippen molar-refractivity contribution in [3.05, 3.63) is 144 Å². The number of nitrogens with zero attached hydrogens (tertiary/aromatic N) is 1. The van der Waals surface area contributed by atoms with Crippen LogP contribution in [0.25, 0.3) is 21.5 Å². The number of unbranched alkanes of at least 4 members (excludes halogenated alkanes) is 15. The maximum Gasteiger partial charge on any atom is 0.343 e. The van der Waals surface area contributed by atoms with Gasteiger partial charge < -0.3 is 18.9 Å². The van der Waals surface area contributed by atoms with E-state index in [2.05, 4.69) is 20.8 Å². The molecule has 6 rings (SSSR count). The SMILES string of the molecule is CCCCCCCCOc1ccc(C(=O)Oc2ccc3cc(C(=O)N(CCCCCCCC)C(=O)c4ccc5cc(OC(=O)c6ccc(OCCCCCCCC)cc6)ccc5c4)ccc3c2)cc1. The summed E-state index contributed by atoms with van der Waals surface area (Å²) in [7, 11) is 0. The predicted molar refractivity (Wildman–Crippen MR) is 277 cm³/mol. The molecule has 0 aliphatic heterocycles. The second-order valence-electron chi connectivity index (χ2n) is 18.0. The third kappa shape index (κ3) is 16.3. The smallest absolute Gasteiger partial charge is 0.343 e. The number of ether oxygens (including phenoxy) is 4. The molecule has 0 aliphatic carbocycles. The Bertz CT molecular complexity index is 2400. The summed E-state index contributed by atoms with van der Waals surface area (Å²) >= 11 is 0. The fourth-order valence-corrected chi connectivity index (χ4v) is 8.35. The quantitative estimate of drug-likeness (QED) is 0.0198. The van der Waals surface area contributed by atoms with Gasteiger partial charge in [0.05, 0.1) is 24.3 Å². The molecule has 6 aromatic rings. The lowest BCUT2D eigenvalue weighted by atomic mass is 10.0. The molecule has 0 bridgehead atoms. The second-order valence-corrected chi connectivity index (χ2v) is 18.0. The van der Waals surface area contributed by atoms with Gasteiger partial charge in [-0.1, -0.05) is 141 Å². The summed E-state index contributed by atoms with van der Waals surface area (Å²) in [4.78, 5) is 56.1. The third-order valence-corrected chi connectivity index (χ3v) is 12.5. The van der Waals surface area contributed by atoms with Crippen LogP contribution in [0.5, 0.6) is 23.0 Å². The van der Waals surface area contributed by atoms with Crippen LogP contribution in [0, 0.1) is 0 Å². The van der Waals surface area contributed by atoms with Crippen molar-refractivity contribution in [2.45, 2.75) is 136 Å². The topological polar surface area (TPSA) is 108 Å². The summed E-state index contributed by atoms with van der Waals surface area (Å²) in [6.07, 6.45) is 20.3. The molecule has 9 heteroatoms. The minimum Gasteiger partial charge on any atom is -0.494 e. The van der Waals surface area contributed by atoms with E-state index in [1.165, 1.54) is 56.3 Å². The van der Waals surface area contributed by atoms with Crippen LogP contribution < -0.4 is 18.9 Å². The van der Waals surface area contributed by atoms with E-state index in [0.29, 0.717) is 53.4 Å². The zero-order valence-electron chi connectivity index (χ0n) is 41.1. The first kappa shape index (κ1) is 51.9. The van der Waals surface area contributed by atoms with E-state index in [0.717, 1.165) is 90.8 Å². The zero-order valence-corrected chi connectivity index (χ0v) is 41.1. The highest BCUT2D eigenvalue weighted by atomic mass is 16.5. The fourth-order valence-electron chi connectivity index (χ4n) is 8.35. The Morgan fingerprint density at radius 3 is 1.07 bits per heavy atom. The van der Waals surface area contributed by atoms with Gasteiger partial charge in [0.1, 0.15) is 23.0 Å². The zero-order chi connectivity index (χ0) is 48.6. The number of carbonyl (C=O) groups is 4. The van der Waals surface area contributed by atoms with Crippen molar-refractivity contribution in [3.63, 3.8) is 0 Å². The Morgan fingerprint density at radius 2 is 0.667 bits per heavy atom. The van der Waals surface area contributed by atoms with Crippen LogP contribution in [0.1, 0.15) is 178 Å². The number of rotatable bonds is 29. The van der Waals surface area contributed by atoms with E-state index in [1.807, 2.05) is 24.3 Å². The van der Waals surface area contributed by atoms with E-state index in [1.54, 1.807) is 97.1 Å². The van der Waals surface area contributed by atoms with Crippen LogP contribution in [-0.2, 0) is 0 Å². The van der Waals surface area contributed by atoms with Gasteiger partial charge in [-0.15, -0.1) is 0 Å². The highest BCUT2D eigenvalue weighted by Gasteiger charge is 2.25. The number of amides is 2. The van der Waals surface area contributed by atoms with Gasteiger partial charge in [0.15, 0.2) is 0 Å². The molecule has 0 atom stereocenters. The summed E-state index contributed by atoms with van der Waals surface area (Å²) < 4.78 is 23.2. The Hall–Kier alpha value is -6.48. The first-order chi connectivity index (χ1) is 33.8. The molecule has 6 aromatic carbocycles. The van der Waals surface area contributed by atoms with Crippen molar-refractivity contribution in [1.29, 1.82) is 0 Å². The number of imide groups is 1. The number of hydrogen-bond acceptors (Lipinski definition) is 8. The number of esters is 2. The molecule has 0 radical (unpaired) electrons. The predicted octanol–water partition coefficient (Wildman–Crippen LogP) is 15.6. The van der Waals surface area contributed by atoms with Gasteiger partial charge in [-0.3, -0.25) is 14.5 Å². The Morgan fingerprint density at radius 1 is 0.348 bits per heavy atom. The fraction of sp³-hybridized carbons (Fsp3) is 0.400. The van der Waals surface area contributed by atoms with Gasteiger partial charge in [0.25, 0.3) is 11.8 Å². The number of fused-ring (bicyclic) bond motifs is 2. The number of hydrogen-bond donors (Lipinski definition) is 0. The highest BCUT2D eigenvalue weighted by molar-refractivity contribution is 6.12. The maximum absolute atomic E-state index is 14.3. The molecule has 2 amide bonds. The Balaban J connectivity index is 1.07. The molecule has 0 fully saturated rings. The molecule has 0 aromatic heterocycles. The standard InChI is InChI=1S/C60H71NO8/c1-4-7-10-13-16-19-38-61(57(62)51-24-22-49-43-55(36-30-47(49)41-51)68-59(64)45-26-32-53(33-27-45)66-39-20-17-14-11-8-5-2)58(63)52-25-23-50-44-56(37-31-48(50)42-52)69-60(65)46-28-34-54(35-29-46)67-40-21-18-15-12-9-6-3/h22-37,41-44H,4-21,38-40H2,1-3H3. The molecular formula is C60H71NO8. The highest BCUT2D eigenvalue weighted by Crippen LogP contribution is 2.27. The molecule has 0 saturated heterocycles. The van der Waals surface area contributed by atoms with Gasteiger partial charge in [-0.2, -0.15) is 0 Å². The van der Waals surface area contributed by atoms with E-state index < -0.39 is 11.9 Å². The van der Waals surface area contributed by atoms with Crippen molar-refractivity contribution in [2.24, 2.45) is 0 Å². The van der Waals surface area contributed by atoms with Gasteiger partial charge in [0.2, 0.25) is 0 Å². The second kappa shape index (κ2) is 28.1. The average molecular weight is 934 g/mol. The van der Waals surface area contributed by atoms with Crippen molar-refractivity contribution in [3.8, 4) is 23.0 Å². The van der Waals surface area contributed by atoms with Crippen LogP contribution in [0.15, 0.2) is 121 Å². The molecule has 0 aliphatic rings. The summed E-state index contributed by atoms with van der Waals surface area (Å²) in [6.45, 7) is 8.18. The summed E-state index contributed by atoms with van der Waals surface area (Å²) in [5.41, 5.74) is 1.59. The number of benzene rings is 6. The van der Waals surface area contributed by atoms with Crippen LogP contribution in [0.3, 0.4) is 0 Å². The molecule has 0 heterocycles. The monoisotopic (exact) mass is 934 g/mol. The van der Waals surface area contributed by atoms with E-state index in [9.17, 15) is 19.2 Å². The van der Waals surface area contributed by atoms with Gasteiger partial charge in [-0.25, -0.2) is 9.59 Å². The molecule has 0 unspecified atom stereocenters. The Labute approximate surface area is 409 Å². The van der Waals surface area contributed by atoms with Crippen molar-refractivity contribution < 1.29 is 38.1 Å². The lowest BCUT2D eigenvalue weighted by molar-refractivity contribution is 0.0611. The maximum atomic E-state index is 14.3. The molecule has 69 heavy (non-hydrogen) atoms. The molecule has 0 N–H and O–H groups in total. The average Bonchev–Trinajstić information content (AvgIpc) is 3.37. The van der Waals surface area contributed by atoms with Crippen LogP contribution in [0.2, 0.25) is 0 Å². The summed E-state index contributed by atoms with van der Waals surface area (Å²) in [5, 5.41) is 3.11. The van der Waals surface area contributed by atoms with Crippen molar-refractivity contribution in [2.75, 3.05) is 19.8 Å². The lowest BCUT2D eigenvalue weighted by Crippen LogP contribution is -2.37. The normalized spacial score (nSPS) is 11.1. The van der Waals surface area contributed by atoms with Gasteiger partial charge >= 0.3 is 11.9 Å². The first-order valence-corrected chi connectivity index (χ1v) is 25.6. The minimum absolute atomic E-state index is 0.280. The summed E-state index contributed by atoms with van der Waals surface area (Å²) in [6, 6.07) is 35.2. The molecular weight excluding hydrogens is 863 g/mol. The van der Waals surface area contributed by atoms with E-state index >= 15 is 0 Å². The van der Waals surface area contributed by atoms with Crippen molar-refractivity contribution >= 4 is 45.3 Å². The first-order valence-electron chi connectivity index (χ1n) is 25.6. The van der Waals surface area contributed by atoms with Crippen LogP contribution >= 0.6 is 0 Å². The van der Waals surface area contributed by atoms with Crippen LogP contribution in [0.4, 0.5) is 0 Å². The number of carbonyl (C=O) groups excluding carboxylic acids is 4. The van der Waals surface area contributed by atoms with Gasteiger partial charge in [0, 0.05) is 17.7 Å². The van der Waals surface area contributed by atoms with E-state index in [-0.39, 0.29) is 18.4 Å². The lowest BCUT2D eigenvalue weighted by Gasteiger charge is -2.22. The molecule has 0 spiro atoms. The molecule has 364 valence electrons. The molecule has 0 saturated carbocycles. The molecule has 9 nitrogen and oxygen atoms in total. The van der Waals surface area contributed by atoms with Crippen LogP contribution in [-0.4, -0.2) is 48.4 Å². The Kier molecular flexibility index (Phi) is 21.2. The van der Waals surface area contributed by atoms with Gasteiger partial charge in [-0.05, 0) is 138 Å². The third-order valence-electron chi connectivity index (χ3n) is 12.5.